The number of nitrogens with zero attached hydrogens (tertiary/aromatic N) is 4. The highest BCUT2D eigenvalue weighted by Crippen LogP contribution is 2.33. The van der Waals surface area contributed by atoms with E-state index in [4.69, 9.17) is 0 Å². The third-order valence-electron chi connectivity index (χ3n) is 2.17. The molecule has 0 aliphatic heterocycles. The van der Waals surface area contributed by atoms with Crippen molar-refractivity contribution in [2.24, 2.45) is 0 Å². The van der Waals surface area contributed by atoms with E-state index in [-0.39, 0.29) is 11.8 Å². The molecule has 0 amide bonds. The van der Waals surface area contributed by atoms with Crippen molar-refractivity contribution in [3.8, 4) is 0 Å². The quantitative estimate of drug-likeness (QED) is 0.889. The van der Waals surface area contributed by atoms with Crippen LogP contribution in [0.15, 0.2) is 24.7 Å². The first kappa shape index (κ1) is 13.0. The van der Waals surface area contributed by atoms with Gasteiger partial charge in [-0.1, -0.05) is 0 Å². The minimum atomic E-state index is -4.50. The highest BCUT2D eigenvalue weighted by atomic mass is 19.4. The lowest BCUT2D eigenvalue weighted by atomic mass is 10.3. The summed E-state index contributed by atoms with van der Waals surface area (Å²) in [5, 5.41) is 12.3. The van der Waals surface area contributed by atoms with Gasteiger partial charge in [0.15, 0.2) is 0 Å². The first-order valence-electron chi connectivity index (χ1n) is 5.16. The Kier molecular flexibility index (Phi) is 3.45. The molecule has 0 aromatic carbocycles. The molecular weight excluding hydrogens is 261 g/mol. The third kappa shape index (κ3) is 3.06. The summed E-state index contributed by atoms with van der Waals surface area (Å²) < 4.78 is 37.9. The smallest absolute Gasteiger partial charge is 0.372 e. The molecule has 0 bridgehead atoms. The molecule has 0 unspecified atom stereocenters. The Morgan fingerprint density at radius 3 is 2.53 bits per heavy atom. The minimum Gasteiger partial charge on any atom is -0.372 e. The second kappa shape index (κ2) is 5.04. The Balaban J connectivity index is 2.30. The monoisotopic (exact) mass is 270 g/mol. The molecule has 0 saturated heterocycles. The summed E-state index contributed by atoms with van der Waals surface area (Å²) >= 11 is 0. The molecule has 19 heavy (non-hydrogen) atoms. The third-order valence-corrected chi connectivity index (χ3v) is 2.17. The van der Waals surface area contributed by atoms with Crippen molar-refractivity contribution in [2.75, 3.05) is 17.7 Å². The molecule has 0 fully saturated rings. The number of halogens is 3. The van der Waals surface area contributed by atoms with Gasteiger partial charge in [-0.15, -0.1) is 0 Å². The van der Waals surface area contributed by atoms with Gasteiger partial charge in [0, 0.05) is 13.2 Å². The van der Waals surface area contributed by atoms with Crippen LogP contribution in [-0.2, 0) is 6.18 Å². The lowest BCUT2D eigenvalue weighted by molar-refractivity contribution is -0.137. The van der Waals surface area contributed by atoms with Crippen molar-refractivity contribution in [3.05, 3.63) is 30.2 Å². The summed E-state index contributed by atoms with van der Waals surface area (Å²) in [6.07, 6.45) is -0.948. The highest BCUT2D eigenvalue weighted by Gasteiger charge is 2.34. The summed E-state index contributed by atoms with van der Waals surface area (Å²) in [5.41, 5.74) is -0.398. The number of rotatable bonds is 3. The second-order valence-electron chi connectivity index (χ2n) is 3.46. The Hall–Kier alpha value is -2.45. The molecule has 100 valence electrons. The van der Waals surface area contributed by atoms with Crippen LogP contribution >= 0.6 is 0 Å². The second-order valence-corrected chi connectivity index (χ2v) is 3.46. The van der Waals surface area contributed by atoms with Crippen molar-refractivity contribution in [3.63, 3.8) is 0 Å². The summed E-state index contributed by atoms with van der Waals surface area (Å²) in [6, 6.07) is 1.59. The zero-order valence-corrected chi connectivity index (χ0v) is 9.73. The van der Waals surface area contributed by atoms with Gasteiger partial charge in [0.1, 0.15) is 11.4 Å². The maximum atomic E-state index is 12.6. The Labute approximate surface area is 106 Å². The molecule has 0 aliphatic rings. The van der Waals surface area contributed by atoms with E-state index in [1.54, 1.807) is 6.07 Å². The molecule has 0 radical (unpaired) electrons. The molecule has 2 aromatic heterocycles. The van der Waals surface area contributed by atoms with Gasteiger partial charge < -0.3 is 10.6 Å². The van der Waals surface area contributed by atoms with Crippen molar-refractivity contribution in [1.82, 2.24) is 20.2 Å². The molecule has 6 nitrogen and oxygen atoms in total. The van der Waals surface area contributed by atoms with E-state index in [2.05, 4.69) is 30.8 Å². The first-order valence-corrected chi connectivity index (χ1v) is 5.16. The van der Waals surface area contributed by atoms with Gasteiger partial charge in [0.25, 0.3) is 0 Å². The molecule has 2 N–H and O–H groups in total. The maximum absolute atomic E-state index is 12.6. The lowest BCUT2D eigenvalue weighted by Gasteiger charge is -2.12. The zero-order chi connectivity index (χ0) is 13.9. The van der Waals surface area contributed by atoms with E-state index in [0.717, 1.165) is 6.20 Å². The predicted octanol–water partition coefficient (Wildman–Crippen LogP) is 2.07. The fraction of sp³-hybridized carbons (Fsp3) is 0.200. The van der Waals surface area contributed by atoms with Crippen LogP contribution in [0.25, 0.3) is 0 Å². The Bertz CT molecular complexity index is 557. The van der Waals surface area contributed by atoms with Crippen LogP contribution in [0.5, 0.6) is 0 Å². The van der Waals surface area contributed by atoms with Crippen molar-refractivity contribution in [2.45, 2.75) is 6.18 Å². The van der Waals surface area contributed by atoms with Gasteiger partial charge in [0.05, 0.1) is 18.1 Å². The molecule has 9 heteroatoms. The lowest BCUT2D eigenvalue weighted by Crippen LogP contribution is -2.12. The van der Waals surface area contributed by atoms with Gasteiger partial charge in [0.2, 0.25) is 5.95 Å². The average molecular weight is 270 g/mol. The Morgan fingerprint density at radius 1 is 1.16 bits per heavy atom. The van der Waals surface area contributed by atoms with Crippen LogP contribution in [0.2, 0.25) is 0 Å². The van der Waals surface area contributed by atoms with Crippen molar-refractivity contribution < 1.29 is 13.2 Å². The molecule has 0 atom stereocenters. The molecule has 0 saturated carbocycles. The van der Waals surface area contributed by atoms with Crippen LogP contribution in [0, 0.1) is 0 Å². The topological polar surface area (TPSA) is 75.6 Å². The SMILES string of the molecule is CNc1nc(Nc2ccnnc2)ncc1C(F)(F)F. The minimum absolute atomic E-state index is 0.0327. The van der Waals surface area contributed by atoms with Gasteiger partial charge in [-0.05, 0) is 6.07 Å². The van der Waals surface area contributed by atoms with E-state index in [0.29, 0.717) is 5.69 Å². The average Bonchev–Trinajstić information content (AvgIpc) is 2.38. The predicted molar refractivity (Wildman–Crippen MR) is 61.9 cm³/mol. The van der Waals surface area contributed by atoms with E-state index >= 15 is 0 Å². The molecule has 2 heterocycles. The molecule has 2 aromatic rings. The largest absolute Gasteiger partial charge is 0.421 e. The summed E-state index contributed by atoms with van der Waals surface area (Å²) in [6.45, 7) is 0. The number of alkyl halides is 3. The molecule has 0 spiro atoms. The normalized spacial score (nSPS) is 11.2. The number of nitrogens with one attached hydrogen (secondary N) is 2. The standard InChI is InChI=1S/C10H9F3N6/c1-14-8-7(10(11,12)13)5-15-9(19-8)18-6-2-3-16-17-4-6/h2-5H,1H3,(H2,14,15,16,18,19). The summed E-state index contributed by atoms with van der Waals surface area (Å²) in [7, 11) is 1.36. The van der Waals surface area contributed by atoms with E-state index in [9.17, 15) is 13.2 Å². The van der Waals surface area contributed by atoms with E-state index in [1.807, 2.05) is 0 Å². The van der Waals surface area contributed by atoms with Crippen LogP contribution in [0.4, 0.5) is 30.6 Å². The van der Waals surface area contributed by atoms with Crippen molar-refractivity contribution in [1.29, 1.82) is 0 Å². The van der Waals surface area contributed by atoms with E-state index < -0.39 is 11.7 Å². The fourth-order valence-corrected chi connectivity index (χ4v) is 1.33. The van der Waals surface area contributed by atoms with Gasteiger partial charge >= 0.3 is 6.18 Å². The fourth-order valence-electron chi connectivity index (χ4n) is 1.33. The first-order chi connectivity index (χ1) is 9.00. The zero-order valence-electron chi connectivity index (χ0n) is 9.73. The number of anilines is 3. The van der Waals surface area contributed by atoms with E-state index in [1.165, 1.54) is 19.4 Å². The Morgan fingerprint density at radius 2 is 1.95 bits per heavy atom. The van der Waals surface area contributed by atoms with Crippen LogP contribution in [0.1, 0.15) is 5.56 Å². The van der Waals surface area contributed by atoms with Gasteiger partial charge in [-0.3, -0.25) is 0 Å². The number of hydrogen-bond acceptors (Lipinski definition) is 6. The number of aromatic nitrogens is 4. The molecule has 2 rings (SSSR count). The maximum Gasteiger partial charge on any atom is 0.421 e. The molecular formula is C10H9F3N6. The van der Waals surface area contributed by atoms with Gasteiger partial charge in [-0.2, -0.15) is 28.4 Å². The number of hydrogen-bond donors (Lipinski definition) is 2. The van der Waals surface area contributed by atoms with Crippen LogP contribution in [-0.4, -0.2) is 27.2 Å². The van der Waals surface area contributed by atoms with Gasteiger partial charge in [-0.25, -0.2) is 4.98 Å². The summed E-state index contributed by atoms with van der Waals surface area (Å²) in [5.74, 6) is -0.266. The molecule has 0 aliphatic carbocycles. The summed E-state index contributed by atoms with van der Waals surface area (Å²) in [4.78, 5) is 7.37. The highest BCUT2D eigenvalue weighted by molar-refractivity contribution is 5.55. The van der Waals surface area contributed by atoms with Crippen LogP contribution in [0.3, 0.4) is 0 Å². The van der Waals surface area contributed by atoms with Crippen molar-refractivity contribution >= 4 is 17.5 Å². The van der Waals surface area contributed by atoms with Crippen LogP contribution < -0.4 is 10.6 Å².